The van der Waals surface area contributed by atoms with Gasteiger partial charge in [-0.2, -0.15) is 10.2 Å². The van der Waals surface area contributed by atoms with Gasteiger partial charge < -0.3 is 0 Å². The van der Waals surface area contributed by atoms with Crippen LogP contribution in [-0.2, 0) is 0 Å². The molecule has 2 rings (SSSR count). The summed E-state index contributed by atoms with van der Waals surface area (Å²) in [5.41, 5.74) is 2.43. The molecule has 0 spiro atoms. The van der Waals surface area contributed by atoms with Crippen LogP contribution >= 0.6 is 15.9 Å². The van der Waals surface area contributed by atoms with E-state index in [9.17, 15) is 0 Å². The first-order valence-electron chi connectivity index (χ1n) is 4.71. The molecule has 0 bridgehead atoms. The summed E-state index contributed by atoms with van der Waals surface area (Å²) in [5, 5.41) is 8.23. The van der Waals surface area contributed by atoms with E-state index in [1.165, 1.54) is 22.9 Å². The van der Waals surface area contributed by atoms with Gasteiger partial charge in [-0.05, 0) is 40.3 Å². The van der Waals surface area contributed by atoms with Gasteiger partial charge in [0, 0.05) is 10.4 Å². The zero-order chi connectivity index (χ0) is 9.42. The Kier molecular flexibility index (Phi) is 2.37. The van der Waals surface area contributed by atoms with Crippen molar-refractivity contribution in [3.05, 3.63) is 21.9 Å². The highest BCUT2D eigenvalue weighted by Gasteiger charge is 2.28. The van der Waals surface area contributed by atoms with Crippen molar-refractivity contribution in [1.82, 2.24) is 10.2 Å². The third kappa shape index (κ3) is 1.75. The van der Waals surface area contributed by atoms with E-state index in [0.717, 1.165) is 5.69 Å². The Morgan fingerprint density at radius 3 is 2.69 bits per heavy atom. The van der Waals surface area contributed by atoms with Crippen LogP contribution in [0.3, 0.4) is 0 Å². The van der Waals surface area contributed by atoms with E-state index in [2.05, 4.69) is 40.0 Å². The van der Waals surface area contributed by atoms with E-state index in [4.69, 9.17) is 0 Å². The highest BCUT2D eigenvalue weighted by atomic mass is 79.9. The monoisotopic (exact) mass is 240 g/mol. The smallest absolute Gasteiger partial charge is 0.0806 e. The normalized spacial score (nSPS) is 16.6. The molecule has 13 heavy (non-hydrogen) atoms. The average molecular weight is 241 g/mol. The van der Waals surface area contributed by atoms with Crippen molar-refractivity contribution >= 4 is 15.9 Å². The molecule has 0 radical (unpaired) electrons. The van der Waals surface area contributed by atoms with E-state index >= 15 is 0 Å². The first-order valence-corrected chi connectivity index (χ1v) is 5.50. The molecule has 1 aromatic rings. The van der Waals surface area contributed by atoms with Crippen LogP contribution in [0.25, 0.3) is 0 Å². The Hall–Kier alpha value is -0.440. The summed E-state index contributed by atoms with van der Waals surface area (Å²) >= 11 is 3.62. The van der Waals surface area contributed by atoms with Crippen LogP contribution in [0.2, 0.25) is 0 Å². The molecule has 1 heterocycles. The van der Waals surface area contributed by atoms with Crippen molar-refractivity contribution in [2.24, 2.45) is 0 Å². The third-order valence-electron chi connectivity index (χ3n) is 2.43. The summed E-state index contributed by atoms with van der Waals surface area (Å²) in [7, 11) is 0. The minimum absolute atomic E-state index is 0.516. The highest BCUT2D eigenvalue weighted by Crippen LogP contribution is 2.43. The molecule has 0 unspecified atom stereocenters. The maximum atomic E-state index is 4.19. The minimum atomic E-state index is 0.516. The number of hydrogen-bond acceptors (Lipinski definition) is 2. The second-order valence-corrected chi connectivity index (χ2v) is 4.72. The summed E-state index contributed by atoms with van der Waals surface area (Å²) in [6, 6.07) is 0. The van der Waals surface area contributed by atoms with Crippen LogP contribution in [0.4, 0.5) is 0 Å². The number of nitrogens with zero attached hydrogens (tertiary/aromatic N) is 2. The minimum Gasteiger partial charge on any atom is -0.159 e. The Morgan fingerprint density at radius 1 is 1.46 bits per heavy atom. The van der Waals surface area contributed by atoms with Crippen molar-refractivity contribution < 1.29 is 0 Å². The molecule has 0 aliphatic heterocycles. The maximum Gasteiger partial charge on any atom is 0.0806 e. The quantitative estimate of drug-likeness (QED) is 0.794. The van der Waals surface area contributed by atoms with Crippen molar-refractivity contribution in [2.45, 2.75) is 38.5 Å². The van der Waals surface area contributed by atoms with Gasteiger partial charge in [0.05, 0.1) is 11.9 Å². The van der Waals surface area contributed by atoms with E-state index < -0.39 is 0 Å². The fourth-order valence-corrected chi connectivity index (χ4v) is 2.39. The molecule has 1 saturated carbocycles. The molecular formula is C10H13BrN2. The Bertz CT molecular complexity index is 298. The third-order valence-corrected chi connectivity index (χ3v) is 3.29. The zero-order valence-corrected chi connectivity index (χ0v) is 9.50. The second-order valence-electron chi connectivity index (χ2n) is 3.93. The second kappa shape index (κ2) is 3.37. The summed E-state index contributed by atoms with van der Waals surface area (Å²) in [6.07, 6.45) is 4.41. The average Bonchev–Trinajstić information content (AvgIpc) is 2.87. The van der Waals surface area contributed by atoms with Crippen molar-refractivity contribution in [3.8, 4) is 0 Å². The van der Waals surface area contributed by atoms with Gasteiger partial charge in [0.2, 0.25) is 0 Å². The number of rotatable bonds is 2. The van der Waals surface area contributed by atoms with E-state index in [-0.39, 0.29) is 0 Å². The lowest BCUT2D eigenvalue weighted by Crippen LogP contribution is -1.98. The van der Waals surface area contributed by atoms with Crippen LogP contribution in [-0.4, -0.2) is 10.2 Å². The first-order chi connectivity index (χ1) is 6.20. The molecule has 0 amide bonds. The van der Waals surface area contributed by atoms with Gasteiger partial charge in [0.25, 0.3) is 0 Å². The Labute approximate surface area is 86.9 Å². The summed E-state index contributed by atoms with van der Waals surface area (Å²) in [4.78, 5) is 0. The van der Waals surface area contributed by atoms with Crippen LogP contribution in [0.1, 0.15) is 49.8 Å². The summed E-state index contributed by atoms with van der Waals surface area (Å²) < 4.78 is 1.18. The molecule has 0 N–H and O–H groups in total. The van der Waals surface area contributed by atoms with Crippen molar-refractivity contribution in [3.63, 3.8) is 0 Å². The Balaban J connectivity index is 2.41. The summed E-state index contributed by atoms with van der Waals surface area (Å²) in [5.74, 6) is 1.18. The van der Waals surface area contributed by atoms with Gasteiger partial charge in [0.1, 0.15) is 0 Å². The molecule has 0 atom stereocenters. The fourth-order valence-electron chi connectivity index (χ4n) is 1.42. The largest absolute Gasteiger partial charge is 0.159 e. The highest BCUT2D eigenvalue weighted by molar-refractivity contribution is 9.10. The number of hydrogen-bond donors (Lipinski definition) is 0. The van der Waals surface area contributed by atoms with Gasteiger partial charge in [-0.25, -0.2) is 0 Å². The zero-order valence-electron chi connectivity index (χ0n) is 7.92. The van der Waals surface area contributed by atoms with Gasteiger partial charge in [-0.3, -0.25) is 0 Å². The van der Waals surface area contributed by atoms with E-state index in [1.807, 2.05) is 6.20 Å². The molecule has 3 heteroatoms. The van der Waals surface area contributed by atoms with Crippen LogP contribution in [0.5, 0.6) is 0 Å². The lowest BCUT2D eigenvalue weighted by molar-refractivity contribution is 0.805. The topological polar surface area (TPSA) is 25.8 Å². The van der Waals surface area contributed by atoms with E-state index in [0.29, 0.717) is 11.8 Å². The van der Waals surface area contributed by atoms with Gasteiger partial charge in [0.15, 0.2) is 0 Å². The number of aromatic nitrogens is 2. The molecule has 0 aromatic carbocycles. The molecular weight excluding hydrogens is 228 g/mol. The van der Waals surface area contributed by atoms with Gasteiger partial charge >= 0.3 is 0 Å². The maximum absolute atomic E-state index is 4.19. The molecule has 1 aromatic heterocycles. The predicted molar refractivity (Wildman–Crippen MR) is 55.8 cm³/mol. The predicted octanol–water partition coefficient (Wildman–Crippen LogP) is 3.24. The molecule has 0 saturated heterocycles. The van der Waals surface area contributed by atoms with Crippen molar-refractivity contribution in [2.75, 3.05) is 0 Å². The molecule has 2 nitrogen and oxygen atoms in total. The van der Waals surface area contributed by atoms with E-state index in [1.54, 1.807) is 0 Å². The van der Waals surface area contributed by atoms with Crippen LogP contribution in [0.15, 0.2) is 10.7 Å². The SMILES string of the molecule is CC(C)c1cnnc(C2CC2)c1Br. The summed E-state index contributed by atoms with van der Waals surface area (Å²) in [6.45, 7) is 4.36. The molecule has 1 aliphatic carbocycles. The standard InChI is InChI=1S/C10H13BrN2/c1-6(2)8-5-12-13-10(9(8)11)7-3-4-7/h5-7H,3-4H2,1-2H3. The van der Waals surface area contributed by atoms with Crippen LogP contribution < -0.4 is 0 Å². The molecule has 1 fully saturated rings. The number of halogens is 1. The Morgan fingerprint density at radius 2 is 2.15 bits per heavy atom. The molecule has 70 valence electrons. The van der Waals surface area contributed by atoms with Gasteiger partial charge in [-0.1, -0.05) is 13.8 Å². The molecule has 1 aliphatic rings. The van der Waals surface area contributed by atoms with Crippen LogP contribution in [0, 0.1) is 0 Å². The van der Waals surface area contributed by atoms with Gasteiger partial charge in [-0.15, -0.1) is 0 Å². The first kappa shape index (κ1) is 9.13. The lowest BCUT2D eigenvalue weighted by Gasteiger charge is -2.09. The van der Waals surface area contributed by atoms with Crippen molar-refractivity contribution in [1.29, 1.82) is 0 Å². The lowest BCUT2D eigenvalue weighted by atomic mass is 10.0. The fraction of sp³-hybridized carbons (Fsp3) is 0.600.